The minimum atomic E-state index is -0.657. The van der Waals surface area contributed by atoms with Crippen molar-refractivity contribution in [3.05, 3.63) is 12.2 Å². The Morgan fingerprint density at radius 2 is 0.640 bits per heavy atom. The van der Waals surface area contributed by atoms with Crippen LogP contribution in [0.25, 0.3) is 0 Å². The number of aliphatic hydroxyl groups excluding tert-OH is 2. The molecule has 0 saturated heterocycles. The second-order valence-electron chi connectivity index (χ2n) is 23.9. The van der Waals surface area contributed by atoms with E-state index in [9.17, 15) is 19.8 Å². The maximum Gasteiger partial charge on any atom is 0.305 e. The van der Waals surface area contributed by atoms with E-state index in [0.717, 1.165) is 44.9 Å². The van der Waals surface area contributed by atoms with Gasteiger partial charge in [0.2, 0.25) is 5.91 Å². The highest BCUT2D eigenvalue weighted by Crippen LogP contribution is 2.19. The maximum atomic E-state index is 12.4. The Bertz CT molecular complexity index is 1130. The molecule has 0 aromatic rings. The average molecular weight is 1060 g/mol. The minimum absolute atomic E-state index is 0.0127. The van der Waals surface area contributed by atoms with Gasteiger partial charge >= 0.3 is 5.97 Å². The second kappa shape index (κ2) is 65.1. The highest BCUT2D eigenvalue weighted by molar-refractivity contribution is 5.76. The van der Waals surface area contributed by atoms with Gasteiger partial charge in [-0.05, 0) is 44.9 Å². The van der Waals surface area contributed by atoms with Crippen LogP contribution in [0.2, 0.25) is 0 Å². The number of carbonyl (C=O) groups excluding carboxylic acids is 2. The number of rotatable bonds is 65. The van der Waals surface area contributed by atoms with Crippen molar-refractivity contribution in [3.8, 4) is 0 Å². The number of hydrogen-bond acceptors (Lipinski definition) is 5. The third-order valence-corrected chi connectivity index (χ3v) is 16.3. The van der Waals surface area contributed by atoms with Crippen molar-refractivity contribution >= 4 is 11.9 Å². The lowest BCUT2D eigenvalue weighted by Gasteiger charge is -2.22. The number of unbranched alkanes of at least 4 members (excludes halogenated alkanes) is 52. The molecule has 6 heteroatoms. The van der Waals surface area contributed by atoms with Crippen LogP contribution in [0.5, 0.6) is 0 Å². The standard InChI is InChI=1S/C69H135NO5/c1-3-5-7-9-11-13-42-47-51-55-59-63-69(74)75-64-60-56-52-48-44-41-39-37-35-33-31-29-27-25-23-21-19-17-15-16-18-20-22-24-26-28-30-32-34-36-38-40-43-46-50-54-58-62-68(73)70-66(65-71)67(72)61-57-53-49-45-14-12-10-8-6-4-2/h9,11,66-67,71-72H,3-8,10,12-65H2,1-2H3,(H,70,73)/b11-9-. The van der Waals surface area contributed by atoms with Gasteiger partial charge in [0.1, 0.15) is 0 Å². The summed E-state index contributed by atoms with van der Waals surface area (Å²) >= 11 is 0. The van der Waals surface area contributed by atoms with E-state index in [1.165, 1.54) is 315 Å². The predicted octanol–water partition coefficient (Wildman–Crippen LogP) is 22.0. The van der Waals surface area contributed by atoms with Crippen molar-refractivity contribution in [1.29, 1.82) is 0 Å². The molecule has 6 nitrogen and oxygen atoms in total. The molecule has 0 saturated carbocycles. The molecule has 75 heavy (non-hydrogen) atoms. The van der Waals surface area contributed by atoms with E-state index in [0.29, 0.717) is 25.9 Å². The molecule has 0 radical (unpaired) electrons. The topological polar surface area (TPSA) is 95.9 Å². The van der Waals surface area contributed by atoms with Crippen LogP contribution in [0, 0.1) is 0 Å². The molecule has 0 aliphatic heterocycles. The summed E-state index contributed by atoms with van der Waals surface area (Å²) in [4.78, 5) is 24.4. The number of hydrogen-bond donors (Lipinski definition) is 3. The molecule has 3 N–H and O–H groups in total. The van der Waals surface area contributed by atoms with Gasteiger partial charge < -0.3 is 20.3 Å². The van der Waals surface area contributed by atoms with Crippen molar-refractivity contribution in [1.82, 2.24) is 5.32 Å². The SMILES string of the molecule is CCCC/C=C\CCCCCCCC(=O)OCCCCCCCCCCCCCCCCCCCCCCCCCCCCCCCCCCCCCCCC(=O)NC(CO)C(O)CCCCCCCCCCCC. The fourth-order valence-electron chi connectivity index (χ4n) is 11.0. The molecule has 2 atom stereocenters. The first-order valence-electron chi connectivity index (χ1n) is 34.4. The molecule has 0 aliphatic carbocycles. The summed E-state index contributed by atoms with van der Waals surface area (Å²) in [6.45, 7) is 4.93. The number of esters is 1. The molecular formula is C69H135NO5. The normalized spacial score (nSPS) is 12.5. The van der Waals surface area contributed by atoms with Gasteiger partial charge in [0.05, 0.1) is 25.4 Å². The van der Waals surface area contributed by atoms with Gasteiger partial charge in [-0.3, -0.25) is 9.59 Å². The fourth-order valence-corrected chi connectivity index (χ4v) is 11.0. The summed E-state index contributed by atoms with van der Waals surface area (Å²) in [6.07, 6.45) is 80.0. The van der Waals surface area contributed by atoms with Gasteiger partial charge in [-0.2, -0.15) is 0 Å². The highest BCUT2D eigenvalue weighted by Gasteiger charge is 2.20. The molecule has 0 aromatic carbocycles. The molecule has 0 heterocycles. The average Bonchev–Trinajstić information content (AvgIpc) is 3.41. The number of ether oxygens (including phenoxy) is 1. The second-order valence-corrected chi connectivity index (χ2v) is 23.9. The van der Waals surface area contributed by atoms with Crippen LogP contribution in [-0.4, -0.2) is 47.4 Å². The Balaban J connectivity index is 3.26. The molecular weight excluding hydrogens is 923 g/mol. The van der Waals surface area contributed by atoms with E-state index in [1.807, 2.05) is 0 Å². The maximum absolute atomic E-state index is 12.4. The predicted molar refractivity (Wildman–Crippen MR) is 329 cm³/mol. The van der Waals surface area contributed by atoms with Crippen LogP contribution in [-0.2, 0) is 14.3 Å². The summed E-state index contributed by atoms with van der Waals surface area (Å²) in [5, 5.41) is 23.2. The van der Waals surface area contributed by atoms with Crippen LogP contribution < -0.4 is 5.32 Å². The van der Waals surface area contributed by atoms with E-state index in [2.05, 4.69) is 31.3 Å². The zero-order valence-corrected chi connectivity index (χ0v) is 51.1. The van der Waals surface area contributed by atoms with E-state index in [1.54, 1.807) is 0 Å². The fraction of sp³-hybridized carbons (Fsp3) is 0.942. The van der Waals surface area contributed by atoms with Crippen LogP contribution in [0.3, 0.4) is 0 Å². The van der Waals surface area contributed by atoms with Crippen molar-refractivity contribution in [3.63, 3.8) is 0 Å². The molecule has 0 fully saturated rings. The van der Waals surface area contributed by atoms with Gasteiger partial charge in [-0.15, -0.1) is 0 Å². The van der Waals surface area contributed by atoms with Crippen LogP contribution in [0.1, 0.15) is 393 Å². The third kappa shape index (κ3) is 61.7. The van der Waals surface area contributed by atoms with E-state index >= 15 is 0 Å². The summed E-state index contributed by atoms with van der Waals surface area (Å²) in [5.74, 6) is -0.0161. The Hall–Kier alpha value is -1.40. The first kappa shape index (κ1) is 73.6. The summed E-state index contributed by atoms with van der Waals surface area (Å²) in [5.41, 5.74) is 0. The largest absolute Gasteiger partial charge is 0.466 e. The van der Waals surface area contributed by atoms with Crippen molar-refractivity contribution in [2.24, 2.45) is 0 Å². The van der Waals surface area contributed by atoms with Crippen LogP contribution >= 0.6 is 0 Å². The summed E-state index contributed by atoms with van der Waals surface area (Å²) in [7, 11) is 0. The van der Waals surface area contributed by atoms with E-state index < -0.39 is 12.1 Å². The molecule has 0 spiro atoms. The van der Waals surface area contributed by atoms with Crippen molar-refractivity contribution in [2.75, 3.05) is 13.2 Å². The van der Waals surface area contributed by atoms with Crippen molar-refractivity contribution in [2.45, 2.75) is 405 Å². The Labute approximate surface area is 469 Å². The van der Waals surface area contributed by atoms with Gasteiger partial charge in [0.15, 0.2) is 0 Å². The van der Waals surface area contributed by atoms with Gasteiger partial charge in [-0.1, -0.05) is 347 Å². The quantitative estimate of drug-likeness (QED) is 0.0320. The molecule has 0 aromatic heterocycles. The molecule has 0 rings (SSSR count). The number of allylic oxidation sites excluding steroid dienone is 2. The molecule has 2 unspecified atom stereocenters. The zero-order chi connectivity index (χ0) is 54.3. The number of aliphatic hydroxyl groups is 2. The Morgan fingerprint density at radius 3 is 0.987 bits per heavy atom. The zero-order valence-electron chi connectivity index (χ0n) is 51.1. The van der Waals surface area contributed by atoms with Gasteiger partial charge in [-0.25, -0.2) is 0 Å². The Morgan fingerprint density at radius 1 is 0.360 bits per heavy atom. The lowest BCUT2D eigenvalue weighted by Crippen LogP contribution is -2.45. The summed E-state index contributed by atoms with van der Waals surface area (Å²) < 4.78 is 5.47. The summed E-state index contributed by atoms with van der Waals surface area (Å²) in [6, 6.07) is -0.534. The van der Waals surface area contributed by atoms with Gasteiger partial charge in [0.25, 0.3) is 0 Å². The van der Waals surface area contributed by atoms with E-state index in [-0.39, 0.29) is 18.5 Å². The number of amides is 1. The van der Waals surface area contributed by atoms with Crippen LogP contribution in [0.15, 0.2) is 12.2 Å². The molecule has 0 bridgehead atoms. The minimum Gasteiger partial charge on any atom is -0.466 e. The van der Waals surface area contributed by atoms with E-state index in [4.69, 9.17) is 4.74 Å². The van der Waals surface area contributed by atoms with Gasteiger partial charge in [0, 0.05) is 12.8 Å². The molecule has 1 amide bonds. The number of nitrogens with one attached hydrogen (secondary N) is 1. The highest BCUT2D eigenvalue weighted by atomic mass is 16.5. The monoisotopic (exact) mass is 1060 g/mol. The first-order valence-corrected chi connectivity index (χ1v) is 34.4. The van der Waals surface area contributed by atoms with Crippen molar-refractivity contribution < 1.29 is 24.5 Å². The molecule has 0 aliphatic rings. The van der Waals surface area contributed by atoms with Crippen LogP contribution in [0.4, 0.5) is 0 Å². The number of carbonyl (C=O) groups is 2. The smallest absolute Gasteiger partial charge is 0.305 e. The first-order chi connectivity index (χ1) is 37.0. The molecule has 446 valence electrons. The Kier molecular flexibility index (Phi) is 63.9. The third-order valence-electron chi connectivity index (χ3n) is 16.3. The lowest BCUT2D eigenvalue weighted by molar-refractivity contribution is -0.143. The lowest BCUT2D eigenvalue weighted by atomic mass is 10.0.